The molecule has 4 nitrogen and oxygen atoms in total. The average Bonchev–Trinajstić information content (AvgIpc) is 2.88. The second-order valence-corrected chi connectivity index (χ2v) is 10.6. The molecular weight excluding hydrogens is 511 g/mol. The summed E-state index contributed by atoms with van der Waals surface area (Å²) in [5, 5.41) is 4.33. The second kappa shape index (κ2) is 14.9. The zero-order valence-corrected chi connectivity index (χ0v) is 22.8. The van der Waals surface area contributed by atoms with E-state index in [1.807, 2.05) is 72.8 Å². The monoisotopic (exact) mass is 542 g/mol. The Kier molecular flexibility index (Phi) is 11.7. The molecule has 0 aliphatic carbocycles. The van der Waals surface area contributed by atoms with E-state index in [2.05, 4.69) is 12.2 Å². The molecule has 36 heavy (non-hydrogen) atoms. The van der Waals surface area contributed by atoms with Gasteiger partial charge in [0.1, 0.15) is 6.04 Å². The van der Waals surface area contributed by atoms with Crippen molar-refractivity contribution in [2.24, 2.45) is 0 Å². The van der Waals surface area contributed by atoms with Gasteiger partial charge in [0, 0.05) is 46.6 Å². The van der Waals surface area contributed by atoms with Gasteiger partial charge in [0.05, 0.1) is 0 Å². The van der Waals surface area contributed by atoms with Crippen molar-refractivity contribution in [3.63, 3.8) is 0 Å². The van der Waals surface area contributed by atoms with Crippen LogP contribution in [0.2, 0.25) is 10.0 Å². The summed E-state index contributed by atoms with van der Waals surface area (Å²) in [6.07, 6.45) is 2.62. The van der Waals surface area contributed by atoms with Crippen LogP contribution in [0.3, 0.4) is 0 Å². The standard InChI is InChI=1S/C29H32Cl2N2O2S/c1-2-3-17-32-29(35)27(20-22-8-5-4-6-9-22)33(21-23-10-7-11-25(31)19-23)28(34)16-18-36-26-14-12-24(30)13-15-26/h4-15,19,27H,2-3,16-18,20-21H2,1H3,(H,32,35). The van der Waals surface area contributed by atoms with Crippen molar-refractivity contribution in [3.05, 3.63) is 100 Å². The number of carbonyl (C=O) groups excluding carboxylic acids is 2. The lowest BCUT2D eigenvalue weighted by Gasteiger charge is -2.31. The smallest absolute Gasteiger partial charge is 0.243 e. The predicted octanol–water partition coefficient (Wildman–Crippen LogP) is 7.03. The van der Waals surface area contributed by atoms with Gasteiger partial charge >= 0.3 is 0 Å². The largest absolute Gasteiger partial charge is 0.354 e. The molecule has 1 unspecified atom stereocenters. The summed E-state index contributed by atoms with van der Waals surface area (Å²) in [5.74, 6) is 0.401. The highest BCUT2D eigenvalue weighted by Crippen LogP contribution is 2.23. The van der Waals surface area contributed by atoms with Crippen molar-refractivity contribution in [2.45, 2.75) is 50.1 Å². The summed E-state index contributed by atoms with van der Waals surface area (Å²) in [4.78, 5) is 29.8. The van der Waals surface area contributed by atoms with E-state index in [4.69, 9.17) is 23.2 Å². The highest BCUT2D eigenvalue weighted by molar-refractivity contribution is 7.99. The minimum atomic E-state index is -0.628. The van der Waals surface area contributed by atoms with Crippen molar-refractivity contribution in [1.82, 2.24) is 10.2 Å². The van der Waals surface area contributed by atoms with Crippen molar-refractivity contribution in [1.29, 1.82) is 0 Å². The molecule has 0 aliphatic rings. The number of nitrogens with zero attached hydrogens (tertiary/aromatic N) is 1. The number of benzene rings is 3. The van der Waals surface area contributed by atoms with Crippen LogP contribution in [0.4, 0.5) is 0 Å². The van der Waals surface area contributed by atoms with Gasteiger partial charge < -0.3 is 10.2 Å². The zero-order valence-electron chi connectivity index (χ0n) is 20.5. The van der Waals surface area contributed by atoms with E-state index in [1.54, 1.807) is 22.7 Å². The third kappa shape index (κ3) is 9.20. The van der Waals surface area contributed by atoms with Crippen LogP contribution in [0, 0.1) is 0 Å². The Labute approximate surface area is 228 Å². The molecule has 0 spiro atoms. The highest BCUT2D eigenvalue weighted by Gasteiger charge is 2.30. The summed E-state index contributed by atoms with van der Waals surface area (Å²) in [6, 6.07) is 24.2. The zero-order chi connectivity index (χ0) is 25.8. The van der Waals surface area contributed by atoms with Crippen molar-refractivity contribution >= 4 is 46.8 Å². The third-order valence-electron chi connectivity index (χ3n) is 5.74. The van der Waals surface area contributed by atoms with Crippen molar-refractivity contribution in [2.75, 3.05) is 12.3 Å². The Morgan fingerprint density at radius 2 is 1.64 bits per heavy atom. The number of hydrogen-bond donors (Lipinski definition) is 1. The maximum atomic E-state index is 13.6. The summed E-state index contributed by atoms with van der Waals surface area (Å²) in [6.45, 7) is 2.98. The minimum absolute atomic E-state index is 0.0667. The van der Waals surface area contributed by atoms with Crippen LogP contribution in [0.5, 0.6) is 0 Å². The molecular formula is C29H32Cl2N2O2S. The van der Waals surface area contributed by atoms with Crippen LogP contribution >= 0.6 is 35.0 Å². The molecule has 0 saturated heterocycles. The van der Waals surface area contributed by atoms with Crippen LogP contribution in [0.15, 0.2) is 83.8 Å². The Hall–Kier alpha value is -2.47. The summed E-state index contributed by atoms with van der Waals surface area (Å²) >= 11 is 13.8. The number of nitrogens with one attached hydrogen (secondary N) is 1. The highest BCUT2D eigenvalue weighted by atomic mass is 35.5. The molecule has 0 aliphatic heterocycles. The van der Waals surface area contributed by atoms with E-state index in [1.165, 1.54) is 0 Å². The number of amides is 2. The van der Waals surface area contributed by atoms with Crippen LogP contribution in [-0.2, 0) is 22.6 Å². The first-order valence-electron chi connectivity index (χ1n) is 12.2. The number of thioether (sulfide) groups is 1. The quantitative estimate of drug-likeness (QED) is 0.186. The van der Waals surface area contributed by atoms with Gasteiger partial charge in [-0.1, -0.05) is 79.0 Å². The number of halogens is 2. The predicted molar refractivity (Wildman–Crippen MR) is 151 cm³/mol. The lowest BCUT2D eigenvalue weighted by atomic mass is 10.0. The van der Waals surface area contributed by atoms with Gasteiger partial charge in [-0.25, -0.2) is 0 Å². The number of hydrogen-bond acceptors (Lipinski definition) is 3. The van der Waals surface area contributed by atoms with Crippen LogP contribution in [0.25, 0.3) is 0 Å². The van der Waals surface area contributed by atoms with Crippen molar-refractivity contribution < 1.29 is 9.59 Å². The maximum absolute atomic E-state index is 13.6. The van der Waals surface area contributed by atoms with Gasteiger partial charge in [0.25, 0.3) is 0 Å². The topological polar surface area (TPSA) is 49.4 Å². The molecule has 7 heteroatoms. The molecule has 2 amide bonds. The first kappa shape index (κ1) is 28.1. The average molecular weight is 544 g/mol. The normalized spacial score (nSPS) is 11.6. The number of carbonyl (C=O) groups is 2. The van der Waals surface area contributed by atoms with Gasteiger partial charge in [-0.3, -0.25) is 9.59 Å². The van der Waals surface area contributed by atoms with Crippen LogP contribution in [-0.4, -0.2) is 35.1 Å². The Bertz CT molecular complexity index is 1110. The van der Waals surface area contributed by atoms with Gasteiger partial charge in [0.2, 0.25) is 11.8 Å². The molecule has 0 heterocycles. The molecule has 1 atom stereocenters. The molecule has 0 fully saturated rings. The third-order valence-corrected chi connectivity index (χ3v) is 7.24. The van der Waals surface area contributed by atoms with E-state index in [0.29, 0.717) is 41.7 Å². The lowest BCUT2D eigenvalue weighted by Crippen LogP contribution is -2.50. The Morgan fingerprint density at radius 1 is 0.917 bits per heavy atom. The summed E-state index contributed by atoms with van der Waals surface area (Å²) < 4.78 is 0. The maximum Gasteiger partial charge on any atom is 0.243 e. The van der Waals surface area contributed by atoms with Gasteiger partial charge in [-0.15, -0.1) is 11.8 Å². The molecule has 0 bridgehead atoms. The van der Waals surface area contributed by atoms with Gasteiger partial charge in [-0.05, 0) is 53.9 Å². The van der Waals surface area contributed by atoms with E-state index in [-0.39, 0.29) is 11.8 Å². The van der Waals surface area contributed by atoms with Gasteiger partial charge in [0.15, 0.2) is 0 Å². The molecule has 3 rings (SSSR count). The fourth-order valence-electron chi connectivity index (χ4n) is 3.82. The van der Waals surface area contributed by atoms with E-state index in [0.717, 1.165) is 28.9 Å². The molecule has 190 valence electrons. The first-order chi connectivity index (χ1) is 17.5. The first-order valence-corrected chi connectivity index (χ1v) is 13.9. The molecule has 0 radical (unpaired) electrons. The van der Waals surface area contributed by atoms with E-state index in [9.17, 15) is 9.59 Å². The fourth-order valence-corrected chi connectivity index (χ4v) is 5.00. The molecule has 1 N–H and O–H groups in total. The van der Waals surface area contributed by atoms with E-state index < -0.39 is 6.04 Å². The molecule has 0 aromatic heterocycles. The SMILES string of the molecule is CCCCNC(=O)C(Cc1ccccc1)N(Cc1cccc(Cl)c1)C(=O)CCSc1ccc(Cl)cc1. The second-order valence-electron chi connectivity index (χ2n) is 8.55. The van der Waals surface area contributed by atoms with Crippen LogP contribution < -0.4 is 5.32 Å². The number of rotatable bonds is 13. The Morgan fingerprint density at radius 3 is 2.33 bits per heavy atom. The van der Waals surface area contributed by atoms with Gasteiger partial charge in [-0.2, -0.15) is 0 Å². The molecule has 0 saturated carbocycles. The molecule has 3 aromatic rings. The fraction of sp³-hybridized carbons (Fsp3) is 0.310. The summed E-state index contributed by atoms with van der Waals surface area (Å²) in [5.41, 5.74) is 1.90. The Balaban J connectivity index is 1.82. The lowest BCUT2D eigenvalue weighted by molar-refractivity contribution is -0.141. The van der Waals surface area contributed by atoms with E-state index >= 15 is 0 Å². The number of unbranched alkanes of at least 4 members (excludes halogenated alkanes) is 1. The van der Waals surface area contributed by atoms with Crippen molar-refractivity contribution in [3.8, 4) is 0 Å². The molecule has 3 aromatic carbocycles. The van der Waals surface area contributed by atoms with Crippen LogP contribution in [0.1, 0.15) is 37.3 Å². The summed E-state index contributed by atoms with van der Waals surface area (Å²) in [7, 11) is 0. The minimum Gasteiger partial charge on any atom is -0.354 e.